The molecule has 3 aromatic rings. The number of rotatable bonds is 5. The van der Waals surface area contributed by atoms with Gasteiger partial charge in [-0.05, 0) is 24.6 Å². The summed E-state index contributed by atoms with van der Waals surface area (Å²) in [6.45, 7) is 2.45. The molecule has 25 heavy (non-hydrogen) atoms. The van der Waals surface area contributed by atoms with E-state index in [2.05, 4.69) is 10.4 Å². The van der Waals surface area contributed by atoms with Gasteiger partial charge in [-0.15, -0.1) is 0 Å². The van der Waals surface area contributed by atoms with Crippen LogP contribution in [0.2, 0.25) is 5.02 Å². The zero-order valence-electron chi connectivity index (χ0n) is 13.6. The van der Waals surface area contributed by atoms with Gasteiger partial charge in [-0.3, -0.25) is 4.68 Å². The van der Waals surface area contributed by atoms with E-state index in [1.165, 1.54) is 6.07 Å². The first-order valence-electron chi connectivity index (χ1n) is 7.85. The largest absolute Gasteiger partial charge is 0.506 e. The second-order valence-corrected chi connectivity index (χ2v) is 6.15. The highest BCUT2D eigenvalue weighted by Crippen LogP contribution is 2.31. The minimum Gasteiger partial charge on any atom is -0.506 e. The Morgan fingerprint density at radius 3 is 2.84 bits per heavy atom. The van der Waals surface area contributed by atoms with Crippen molar-refractivity contribution in [3.63, 3.8) is 0 Å². The molecule has 0 aliphatic heterocycles. The van der Waals surface area contributed by atoms with Crippen LogP contribution >= 0.6 is 11.6 Å². The van der Waals surface area contributed by atoms with Gasteiger partial charge in [0.1, 0.15) is 17.4 Å². The Morgan fingerprint density at radius 2 is 2.08 bits per heavy atom. The van der Waals surface area contributed by atoms with Crippen molar-refractivity contribution in [2.75, 3.05) is 0 Å². The first-order chi connectivity index (χ1) is 12.0. The SMILES string of the molecule is C[C@@H](Cn1ncc2ccc(O)c(Cl)c21)NC(=O)OCc1ccccc1. The third-order valence-electron chi connectivity index (χ3n) is 3.75. The number of carbonyl (C=O) groups is 1. The summed E-state index contributed by atoms with van der Waals surface area (Å²) >= 11 is 6.16. The Kier molecular flexibility index (Phi) is 5.09. The van der Waals surface area contributed by atoms with Gasteiger partial charge in [-0.1, -0.05) is 41.9 Å². The van der Waals surface area contributed by atoms with E-state index >= 15 is 0 Å². The molecule has 0 aliphatic rings. The Morgan fingerprint density at radius 1 is 1.32 bits per heavy atom. The van der Waals surface area contributed by atoms with Crippen molar-refractivity contribution < 1.29 is 14.6 Å². The van der Waals surface area contributed by atoms with Crippen molar-refractivity contribution in [1.29, 1.82) is 0 Å². The number of nitrogens with one attached hydrogen (secondary N) is 1. The van der Waals surface area contributed by atoms with Crippen LogP contribution in [0.5, 0.6) is 5.75 Å². The first-order valence-corrected chi connectivity index (χ1v) is 8.22. The Bertz CT molecular complexity index is 880. The molecule has 0 spiro atoms. The zero-order valence-corrected chi connectivity index (χ0v) is 14.4. The van der Waals surface area contributed by atoms with Gasteiger partial charge < -0.3 is 15.2 Å². The Balaban J connectivity index is 1.60. The molecular weight excluding hydrogens is 342 g/mol. The van der Waals surface area contributed by atoms with Crippen LogP contribution in [0, 0.1) is 0 Å². The second kappa shape index (κ2) is 7.44. The monoisotopic (exact) mass is 359 g/mol. The normalized spacial score (nSPS) is 12.1. The number of halogens is 1. The number of phenolic OH excluding ortho intramolecular Hbond substituents is 1. The molecule has 0 saturated carbocycles. The highest BCUT2D eigenvalue weighted by Gasteiger charge is 2.14. The third-order valence-corrected chi connectivity index (χ3v) is 4.12. The number of carbonyl (C=O) groups excluding carboxylic acids is 1. The van der Waals surface area contributed by atoms with E-state index in [9.17, 15) is 9.90 Å². The maximum Gasteiger partial charge on any atom is 0.407 e. The number of benzene rings is 2. The van der Waals surface area contributed by atoms with Crippen molar-refractivity contribution in [2.45, 2.75) is 26.1 Å². The molecule has 0 unspecified atom stereocenters. The predicted molar refractivity (Wildman–Crippen MR) is 95.6 cm³/mol. The summed E-state index contributed by atoms with van der Waals surface area (Å²) in [6, 6.07) is 12.5. The van der Waals surface area contributed by atoms with E-state index < -0.39 is 6.09 Å². The topological polar surface area (TPSA) is 76.4 Å². The number of aromatic hydroxyl groups is 1. The summed E-state index contributed by atoms with van der Waals surface area (Å²) in [5.74, 6) is -0.00111. The molecule has 0 radical (unpaired) electrons. The number of nitrogens with zero attached hydrogens (tertiary/aromatic N) is 2. The van der Waals surface area contributed by atoms with Crippen LogP contribution in [-0.2, 0) is 17.9 Å². The van der Waals surface area contributed by atoms with Crippen LogP contribution in [-0.4, -0.2) is 27.0 Å². The number of amides is 1. The zero-order chi connectivity index (χ0) is 17.8. The van der Waals surface area contributed by atoms with Gasteiger partial charge in [-0.25, -0.2) is 4.79 Å². The van der Waals surface area contributed by atoms with Gasteiger partial charge in [0.25, 0.3) is 0 Å². The summed E-state index contributed by atoms with van der Waals surface area (Å²) in [6.07, 6.45) is 1.17. The quantitative estimate of drug-likeness (QED) is 0.728. The molecule has 0 saturated heterocycles. The van der Waals surface area contributed by atoms with E-state index in [0.717, 1.165) is 10.9 Å². The average molecular weight is 360 g/mol. The van der Waals surface area contributed by atoms with E-state index in [1.807, 2.05) is 37.3 Å². The molecule has 0 aliphatic carbocycles. The molecule has 1 amide bonds. The highest BCUT2D eigenvalue weighted by molar-refractivity contribution is 6.36. The summed E-state index contributed by atoms with van der Waals surface area (Å²) < 4.78 is 6.85. The maximum atomic E-state index is 11.9. The van der Waals surface area contributed by atoms with Gasteiger partial charge in [0.15, 0.2) is 0 Å². The fraction of sp³-hybridized carbons (Fsp3) is 0.222. The summed E-state index contributed by atoms with van der Waals surface area (Å²) in [7, 11) is 0. The molecule has 0 fully saturated rings. The summed E-state index contributed by atoms with van der Waals surface area (Å²) in [5.41, 5.74) is 1.55. The van der Waals surface area contributed by atoms with E-state index in [0.29, 0.717) is 12.1 Å². The molecule has 0 bridgehead atoms. The van der Waals surface area contributed by atoms with Gasteiger partial charge in [-0.2, -0.15) is 5.10 Å². The smallest absolute Gasteiger partial charge is 0.407 e. The van der Waals surface area contributed by atoms with Gasteiger partial charge in [0.05, 0.1) is 18.3 Å². The molecule has 6 nitrogen and oxygen atoms in total. The van der Waals surface area contributed by atoms with Gasteiger partial charge in [0, 0.05) is 11.4 Å². The van der Waals surface area contributed by atoms with E-state index in [4.69, 9.17) is 16.3 Å². The average Bonchev–Trinajstić information content (AvgIpc) is 3.00. The van der Waals surface area contributed by atoms with Crippen molar-refractivity contribution in [2.24, 2.45) is 0 Å². The van der Waals surface area contributed by atoms with Gasteiger partial charge >= 0.3 is 6.09 Å². The number of fused-ring (bicyclic) bond motifs is 1. The lowest BCUT2D eigenvalue weighted by molar-refractivity contribution is 0.135. The fourth-order valence-electron chi connectivity index (χ4n) is 2.53. The van der Waals surface area contributed by atoms with Crippen molar-refractivity contribution in [3.8, 4) is 5.75 Å². The molecule has 2 N–H and O–H groups in total. The van der Waals surface area contributed by atoms with Crippen LogP contribution in [0.3, 0.4) is 0 Å². The summed E-state index contributed by atoms with van der Waals surface area (Å²) in [5, 5.41) is 17.8. The summed E-state index contributed by atoms with van der Waals surface area (Å²) in [4.78, 5) is 11.9. The number of hydrogen-bond acceptors (Lipinski definition) is 4. The first kappa shape index (κ1) is 17.1. The lowest BCUT2D eigenvalue weighted by Gasteiger charge is -2.15. The van der Waals surface area contributed by atoms with E-state index in [-0.39, 0.29) is 23.4 Å². The van der Waals surface area contributed by atoms with Crippen LogP contribution < -0.4 is 5.32 Å². The van der Waals surface area contributed by atoms with Crippen LogP contribution in [0.25, 0.3) is 10.9 Å². The minimum absolute atomic E-state index is 0.00111. The molecule has 1 aromatic heterocycles. The molecule has 1 heterocycles. The van der Waals surface area contributed by atoms with Gasteiger partial charge in [0.2, 0.25) is 0 Å². The molecule has 2 aromatic carbocycles. The lowest BCUT2D eigenvalue weighted by atomic mass is 10.2. The van der Waals surface area contributed by atoms with Crippen LogP contribution in [0.1, 0.15) is 12.5 Å². The standard InChI is InChI=1S/C18H18ClN3O3/c1-12(21-18(24)25-11-13-5-3-2-4-6-13)10-22-17-14(9-20-22)7-8-15(23)16(17)19/h2-9,12,23H,10-11H2,1H3,(H,21,24)/t12-/m0/s1. The van der Waals surface area contributed by atoms with Crippen LogP contribution in [0.4, 0.5) is 4.79 Å². The second-order valence-electron chi connectivity index (χ2n) is 5.77. The molecule has 3 rings (SSSR count). The fourth-order valence-corrected chi connectivity index (χ4v) is 2.80. The third kappa shape index (κ3) is 4.03. The number of hydrogen-bond donors (Lipinski definition) is 2. The Hall–Kier alpha value is -2.73. The van der Waals surface area contributed by atoms with Crippen molar-refractivity contribution >= 4 is 28.6 Å². The predicted octanol–water partition coefficient (Wildman–Crippen LogP) is 3.71. The minimum atomic E-state index is -0.498. The Labute approximate surface area is 150 Å². The molecule has 7 heteroatoms. The molecular formula is C18H18ClN3O3. The highest BCUT2D eigenvalue weighted by atomic mass is 35.5. The van der Waals surface area contributed by atoms with Crippen LogP contribution in [0.15, 0.2) is 48.7 Å². The van der Waals surface area contributed by atoms with E-state index in [1.54, 1.807) is 16.9 Å². The number of aromatic nitrogens is 2. The number of alkyl carbamates (subject to hydrolysis) is 1. The lowest BCUT2D eigenvalue weighted by Crippen LogP contribution is -2.36. The number of ether oxygens (including phenoxy) is 1. The maximum absolute atomic E-state index is 11.9. The molecule has 130 valence electrons. The van der Waals surface area contributed by atoms with Crippen molar-refractivity contribution in [1.82, 2.24) is 15.1 Å². The number of phenols is 1. The molecule has 1 atom stereocenters. The van der Waals surface area contributed by atoms with Crippen molar-refractivity contribution in [3.05, 3.63) is 59.2 Å².